The zero-order chi connectivity index (χ0) is 14.1. The van der Waals surface area contributed by atoms with E-state index in [1.165, 1.54) is 16.7 Å². The first kappa shape index (κ1) is 16.2. The first-order chi connectivity index (χ1) is 9.68. The van der Waals surface area contributed by atoms with Crippen molar-refractivity contribution in [2.45, 2.75) is 38.8 Å². The third kappa shape index (κ3) is 3.05. The van der Waals surface area contributed by atoms with Gasteiger partial charge >= 0.3 is 0 Å². The number of nitrogens with zero attached hydrogens (tertiary/aromatic N) is 1. The minimum Gasteiger partial charge on any atom is -1.00 e. The van der Waals surface area contributed by atoms with E-state index in [2.05, 4.69) is 86.2 Å². The third-order valence-electron chi connectivity index (χ3n) is 4.33. The van der Waals surface area contributed by atoms with E-state index in [9.17, 15) is 0 Å². The Hall–Kier alpha value is -1.16. The fraction of sp³-hybridized carbons (Fsp3) is 0.316. The number of benzene rings is 2. The zero-order valence-electron chi connectivity index (χ0n) is 12.8. The summed E-state index contributed by atoms with van der Waals surface area (Å²) in [5, 5.41) is 0. The monoisotopic (exact) mass is 391 g/mol. The fourth-order valence-corrected chi connectivity index (χ4v) is 3.36. The molecule has 1 aliphatic heterocycles. The highest BCUT2D eigenvalue weighted by Gasteiger charge is 2.35. The van der Waals surface area contributed by atoms with Crippen LogP contribution in [-0.2, 0) is 0 Å². The van der Waals surface area contributed by atoms with Crippen molar-refractivity contribution in [3.63, 3.8) is 0 Å². The molecule has 21 heavy (non-hydrogen) atoms. The molecule has 0 saturated carbocycles. The molecule has 1 nitrogen and oxygen atoms in total. The number of hydrogen-bond acceptors (Lipinski definition) is 0. The Kier molecular flexibility index (Phi) is 5.20. The van der Waals surface area contributed by atoms with Crippen molar-refractivity contribution in [2.24, 2.45) is 0 Å². The maximum Gasteiger partial charge on any atom is 0.171 e. The highest BCUT2D eigenvalue weighted by atomic mass is 127. The van der Waals surface area contributed by atoms with Crippen LogP contribution in [0.25, 0.3) is 0 Å². The molecule has 0 aromatic heterocycles. The van der Waals surface area contributed by atoms with E-state index < -0.39 is 0 Å². The van der Waals surface area contributed by atoms with Gasteiger partial charge in [0.25, 0.3) is 0 Å². The topological polar surface area (TPSA) is 3.01 Å². The molecule has 0 saturated heterocycles. The summed E-state index contributed by atoms with van der Waals surface area (Å²) < 4.78 is 2.49. The predicted molar refractivity (Wildman–Crippen MR) is 84.8 cm³/mol. The highest BCUT2D eigenvalue weighted by molar-refractivity contribution is 5.80. The van der Waals surface area contributed by atoms with Crippen molar-refractivity contribution in [3.05, 3.63) is 71.3 Å². The van der Waals surface area contributed by atoms with Crippen molar-refractivity contribution in [1.29, 1.82) is 0 Å². The molecule has 110 valence electrons. The molecule has 2 heteroatoms. The maximum atomic E-state index is 2.49. The van der Waals surface area contributed by atoms with Gasteiger partial charge in [-0.2, -0.15) is 0 Å². The molecule has 0 unspecified atom stereocenters. The lowest BCUT2D eigenvalue weighted by Gasteiger charge is -2.29. The minimum absolute atomic E-state index is 0. The van der Waals surface area contributed by atoms with Gasteiger partial charge in [0.1, 0.15) is 6.04 Å². The summed E-state index contributed by atoms with van der Waals surface area (Å²) in [4.78, 5) is 0. The van der Waals surface area contributed by atoms with Gasteiger partial charge in [-0.05, 0) is 38.0 Å². The number of fused-ring (bicyclic) bond motifs is 1. The van der Waals surface area contributed by atoms with E-state index in [1.807, 2.05) is 0 Å². The van der Waals surface area contributed by atoms with Crippen LogP contribution in [0.3, 0.4) is 0 Å². The summed E-state index contributed by atoms with van der Waals surface area (Å²) in [5.41, 5.74) is 4.21. The lowest BCUT2D eigenvalue weighted by molar-refractivity contribution is -0.590. The second-order valence-corrected chi connectivity index (χ2v) is 5.93. The van der Waals surface area contributed by atoms with E-state index >= 15 is 0 Å². The summed E-state index contributed by atoms with van der Waals surface area (Å²) >= 11 is 0. The predicted octanol–water partition coefficient (Wildman–Crippen LogP) is 1.06. The summed E-state index contributed by atoms with van der Waals surface area (Å²) in [6, 6.07) is 20.7. The van der Waals surface area contributed by atoms with Crippen molar-refractivity contribution in [2.75, 3.05) is 0 Å². The molecule has 2 aromatic carbocycles. The van der Waals surface area contributed by atoms with Crippen LogP contribution in [0.2, 0.25) is 0 Å². The van der Waals surface area contributed by atoms with Crippen LogP contribution in [0.15, 0.2) is 54.6 Å². The molecule has 3 rings (SSSR count). The molecule has 0 N–H and O–H groups in total. The molecule has 0 amide bonds. The summed E-state index contributed by atoms with van der Waals surface area (Å²) in [6.07, 6.45) is 2.32. The second kappa shape index (κ2) is 6.73. The van der Waals surface area contributed by atoms with Crippen molar-refractivity contribution >= 4 is 6.21 Å². The van der Waals surface area contributed by atoms with Gasteiger partial charge in [-0.1, -0.05) is 48.5 Å². The van der Waals surface area contributed by atoms with Crippen LogP contribution in [0.5, 0.6) is 0 Å². The Morgan fingerprint density at radius 2 is 1.52 bits per heavy atom. The van der Waals surface area contributed by atoms with E-state index in [-0.39, 0.29) is 24.0 Å². The molecule has 0 bridgehead atoms. The fourth-order valence-electron chi connectivity index (χ4n) is 3.36. The van der Waals surface area contributed by atoms with Gasteiger partial charge < -0.3 is 24.0 Å². The Bertz CT molecular complexity index is 631. The molecular formula is C19H22IN. The Balaban J connectivity index is 0.00000161. The molecular weight excluding hydrogens is 369 g/mol. The van der Waals surface area contributed by atoms with E-state index in [0.29, 0.717) is 18.0 Å². The molecule has 2 atom stereocenters. The minimum atomic E-state index is 0. The number of halogens is 1. The average Bonchev–Trinajstić information content (AvgIpc) is 2.47. The lowest BCUT2D eigenvalue weighted by Crippen LogP contribution is -3.00. The van der Waals surface area contributed by atoms with Crippen LogP contribution in [0.1, 0.15) is 43.4 Å². The van der Waals surface area contributed by atoms with Gasteiger partial charge in [-0.25, -0.2) is 4.58 Å². The van der Waals surface area contributed by atoms with E-state index in [1.54, 1.807) is 0 Å². The van der Waals surface area contributed by atoms with Gasteiger partial charge in [-0.15, -0.1) is 0 Å². The van der Waals surface area contributed by atoms with Crippen LogP contribution in [-0.4, -0.2) is 22.9 Å². The maximum absolute atomic E-state index is 2.49. The zero-order valence-corrected chi connectivity index (χ0v) is 15.0. The molecule has 0 aliphatic carbocycles. The Labute approximate surface area is 144 Å². The Morgan fingerprint density at radius 3 is 2.19 bits per heavy atom. The SMILES string of the molecule is CC(C)[N+]1=Cc2ccccc2[C@H](c2ccccc2)[C@H]1C.[I-]. The van der Waals surface area contributed by atoms with Crippen LogP contribution in [0.4, 0.5) is 0 Å². The van der Waals surface area contributed by atoms with Gasteiger partial charge in [0.15, 0.2) is 12.3 Å². The van der Waals surface area contributed by atoms with Gasteiger partial charge in [0.2, 0.25) is 0 Å². The van der Waals surface area contributed by atoms with Gasteiger partial charge in [0.05, 0.1) is 5.92 Å². The van der Waals surface area contributed by atoms with Crippen molar-refractivity contribution < 1.29 is 28.6 Å². The van der Waals surface area contributed by atoms with E-state index in [4.69, 9.17) is 0 Å². The Morgan fingerprint density at radius 1 is 0.905 bits per heavy atom. The smallest absolute Gasteiger partial charge is 0.171 e. The summed E-state index contributed by atoms with van der Waals surface area (Å²) in [7, 11) is 0. The van der Waals surface area contributed by atoms with Gasteiger partial charge in [0, 0.05) is 5.56 Å². The van der Waals surface area contributed by atoms with Gasteiger partial charge in [-0.3, -0.25) is 0 Å². The largest absolute Gasteiger partial charge is 1.00 e. The first-order valence-corrected chi connectivity index (χ1v) is 7.44. The molecule has 2 aromatic rings. The molecule has 1 aliphatic rings. The molecule has 0 spiro atoms. The number of hydrogen-bond donors (Lipinski definition) is 0. The quantitative estimate of drug-likeness (QED) is 0.532. The lowest BCUT2D eigenvalue weighted by atomic mass is 9.81. The van der Waals surface area contributed by atoms with Crippen LogP contribution in [0, 0.1) is 0 Å². The third-order valence-corrected chi connectivity index (χ3v) is 4.33. The van der Waals surface area contributed by atoms with Crippen molar-refractivity contribution in [1.82, 2.24) is 0 Å². The van der Waals surface area contributed by atoms with E-state index in [0.717, 1.165) is 0 Å². The normalized spacial score (nSPS) is 20.5. The molecule has 0 radical (unpaired) electrons. The van der Waals surface area contributed by atoms with Crippen LogP contribution < -0.4 is 24.0 Å². The highest BCUT2D eigenvalue weighted by Crippen LogP contribution is 2.34. The summed E-state index contributed by atoms with van der Waals surface area (Å²) in [5.74, 6) is 0.444. The van der Waals surface area contributed by atoms with Crippen molar-refractivity contribution in [3.8, 4) is 0 Å². The second-order valence-electron chi connectivity index (χ2n) is 5.93. The standard InChI is InChI=1S/C19H22N.HI/c1-14(2)20-13-17-11-7-8-12-18(17)19(15(20)3)16-9-5-4-6-10-16;/h4-15,19H,1-3H3;1H/q+1;/p-1/t15-,19+;/m1./s1. The molecule has 0 fully saturated rings. The summed E-state index contributed by atoms with van der Waals surface area (Å²) in [6.45, 7) is 6.87. The van der Waals surface area contributed by atoms with Crippen LogP contribution >= 0.6 is 0 Å². The average molecular weight is 391 g/mol. The molecule has 1 heterocycles. The first-order valence-electron chi connectivity index (χ1n) is 7.44. The number of rotatable bonds is 2.